The predicted molar refractivity (Wildman–Crippen MR) is 227 cm³/mol. The van der Waals surface area contributed by atoms with E-state index in [-0.39, 0.29) is 12.8 Å². The number of rotatable bonds is 43. The molecule has 0 spiro atoms. The number of unbranched alkanes of at least 4 members (excludes halogenated alkanes) is 25. The quantitative estimate of drug-likeness (QED) is 0.0169. The Morgan fingerprint density at radius 2 is 1.02 bits per heavy atom. The van der Waals surface area contributed by atoms with E-state index in [1.807, 2.05) is 0 Å². The van der Waals surface area contributed by atoms with Crippen molar-refractivity contribution >= 4 is 19.8 Å². The van der Waals surface area contributed by atoms with Crippen LogP contribution < -0.4 is 0 Å². The Hall–Kier alpha value is -1.37. The van der Waals surface area contributed by atoms with Crippen LogP contribution in [0.1, 0.15) is 208 Å². The molecule has 0 aromatic rings. The Morgan fingerprint density at radius 3 is 1.44 bits per heavy atom. The van der Waals surface area contributed by atoms with Crippen LogP contribution in [0.4, 0.5) is 0 Å². The zero-order chi connectivity index (χ0) is 43.1. The normalized spacial score (nSPS) is 15.8. The van der Waals surface area contributed by atoms with Crippen LogP contribution in [0.3, 0.4) is 0 Å². The summed E-state index contributed by atoms with van der Waals surface area (Å²) in [6.45, 7) is -0.0812. The van der Waals surface area contributed by atoms with E-state index >= 15 is 0 Å². The third-order valence-electron chi connectivity index (χ3n) is 10.1. The molecule has 0 bridgehead atoms. The summed E-state index contributed by atoms with van der Waals surface area (Å²) in [6, 6.07) is 0. The summed E-state index contributed by atoms with van der Waals surface area (Å²) < 4.78 is 41.4. The molecule has 2 unspecified atom stereocenters. The highest BCUT2D eigenvalue weighted by Crippen LogP contribution is 2.45. The number of carbonyl (C=O) groups excluding carboxylic acids is 2. The van der Waals surface area contributed by atoms with E-state index in [0.29, 0.717) is 12.8 Å². The van der Waals surface area contributed by atoms with Gasteiger partial charge in [0.1, 0.15) is 24.9 Å². The van der Waals surface area contributed by atoms with Gasteiger partial charge in [-0.1, -0.05) is 167 Å². The Labute approximate surface area is 347 Å². The molecule has 0 saturated carbocycles. The number of ether oxygens (including phenoxy) is 2. The first kappa shape index (κ1) is 53.6. The monoisotopic (exact) mass is 838 g/mol. The second-order valence-corrected chi connectivity index (χ2v) is 16.9. The number of hydrogen-bond acceptors (Lipinski definition) is 11. The van der Waals surface area contributed by atoms with Crippen molar-refractivity contribution in [3.05, 3.63) is 12.2 Å². The number of hydrogen-bond donors (Lipinski definition) is 5. The van der Waals surface area contributed by atoms with Crippen molar-refractivity contribution in [2.75, 3.05) is 26.4 Å². The number of phosphoric acid groups is 1. The average Bonchev–Trinajstić information content (AvgIpc) is 3.20. The number of aliphatic hydroxyl groups excluding tert-OH is 4. The van der Waals surface area contributed by atoms with Gasteiger partial charge in [0.25, 0.3) is 0 Å². The highest BCUT2D eigenvalue weighted by molar-refractivity contribution is 7.47. The Morgan fingerprint density at radius 1 is 0.614 bits per heavy atom. The molecule has 0 saturated heterocycles. The summed E-state index contributed by atoms with van der Waals surface area (Å²) in [5, 5.41) is 38.2. The van der Waals surface area contributed by atoms with Crippen LogP contribution in [0.25, 0.3) is 0 Å². The van der Waals surface area contributed by atoms with Gasteiger partial charge in [0.2, 0.25) is 0 Å². The summed E-state index contributed by atoms with van der Waals surface area (Å²) in [6.07, 6.45) is 29.5. The van der Waals surface area contributed by atoms with Crippen LogP contribution in [0.15, 0.2) is 12.2 Å². The van der Waals surface area contributed by atoms with Crippen molar-refractivity contribution in [3.63, 3.8) is 0 Å². The summed E-state index contributed by atoms with van der Waals surface area (Å²) in [5.74, 6) is -1.36. The van der Waals surface area contributed by atoms with Gasteiger partial charge in [0.15, 0.2) is 6.10 Å². The molecule has 0 rings (SSSR count). The van der Waals surface area contributed by atoms with E-state index in [1.165, 1.54) is 96.3 Å². The fourth-order valence-electron chi connectivity index (χ4n) is 6.45. The van der Waals surface area contributed by atoms with E-state index in [1.54, 1.807) is 0 Å². The number of carbonyl (C=O) groups is 2. The number of aliphatic hydroxyl groups is 4. The smallest absolute Gasteiger partial charge is 0.462 e. The molecular weight excluding hydrogens is 751 g/mol. The molecule has 0 aliphatic rings. The number of esters is 2. The summed E-state index contributed by atoms with van der Waals surface area (Å²) in [4.78, 5) is 35.6. The van der Waals surface area contributed by atoms with Crippen LogP contribution >= 0.6 is 7.82 Å². The van der Waals surface area contributed by atoms with Crippen LogP contribution in [-0.2, 0) is 32.7 Å². The minimum absolute atomic E-state index is 0.0376. The van der Waals surface area contributed by atoms with Crippen molar-refractivity contribution in [1.82, 2.24) is 0 Å². The molecule has 0 aliphatic heterocycles. The Kier molecular flexibility index (Phi) is 37.7. The first-order valence-electron chi connectivity index (χ1n) is 23.3. The standard InChI is InChI=1S/C44H85O12P/c1-3-5-7-9-11-13-15-17-19-21-23-25-27-29-31-33-42(48)53-37-39(38-54-57(51,52)56-41(36-46)44(50)40(47)35-45)55-43(49)34-32-30-28-26-24-22-20-18-16-14-12-10-8-6-4-2/h15,17,39-41,44-47,50H,3-14,16,18-38H2,1-2H3,(H,51,52)/b17-15-/t39-,40-,41-,44+/m1/s1/i37D/t37?,39-,40-,41-,44+. The van der Waals surface area contributed by atoms with Gasteiger partial charge in [-0.2, -0.15) is 0 Å². The van der Waals surface area contributed by atoms with Gasteiger partial charge in [0.05, 0.1) is 21.2 Å². The average molecular weight is 838 g/mol. The highest BCUT2D eigenvalue weighted by atomic mass is 31.2. The molecule has 0 aromatic heterocycles. The van der Waals surface area contributed by atoms with Crippen LogP contribution in [0.2, 0.25) is 0 Å². The van der Waals surface area contributed by atoms with Gasteiger partial charge in [-0.3, -0.25) is 18.6 Å². The third-order valence-corrected chi connectivity index (χ3v) is 11.1. The molecule has 338 valence electrons. The largest absolute Gasteiger partial charge is 0.472 e. The fraction of sp³-hybridized carbons (Fsp3) is 0.909. The van der Waals surface area contributed by atoms with Gasteiger partial charge in [0, 0.05) is 12.8 Å². The lowest BCUT2D eigenvalue weighted by molar-refractivity contribution is -0.161. The molecule has 0 aliphatic carbocycles. The molecule has 0 heterocycles. The van der Waals surface area contributed by atoms with Gasteiger partial charge in [-0.25, -0.2) is 4.57 Å². The Balaban J connectivity index is 4.71. The van der Waals surface area contributed by atoms with Crippen LogP contribution in [-0.4, -0.2) is 88.1 Å². The van der Waals surface area contributed by atoms with Crippen LogP contribution in [0, 0.1) is 0 Å². The predicted octanol–water partition coefficient (Wildman–Crippen LogP) is 9.95. The maximum atomic E-state index is 12.8. The zero-order valence-corrected chi connectivity index (χ0v) is 36.8. The molecule has 0 amide bonds. The van der Waals surface area contributed by atoms with E-state index < -0.39 is 70.6 Å². The van der Waals surface area contributed by atoms with Crippen LogP contribution in [0.5, 0.6) is 0 Å². The Bertz CT molecular complexity index is 1030. The maximum absolute atomic E-state index is 12.8. The SMILES string of the molecule is [2H]C(OC(=O)CCCCCCCC/C=C\CCCCCCC)[C@H](COP(=O)(O)O[C@H](CO)[C@@H](O)[C@H](O)CO)OC(=O)CCCCCCCCCCCCCCCCC. The van der Waals surface area contributed by atoms with Crippen molar-refractivity contribution in [2.24, 2.45) is 0 Å². The summed E-state index contributed by atoms with van der Waals surface area (Å²) in [5.41, 5.74) is 0. The lowest BCUT2D eigenvalue weighted by Crippen LogP contribution is -2.42. The summed E-state index contributed by atoms with van der Waals surface area (Å²) >= 11 is 0. The van der Waals surface area contributed by atoms with Crippen molar-refractivity contribution in [2.45, 2.75) is 231 Å². The number of phosphoric ester groups is 1. The van der Waals surface area contributed by atoms with Crippen molar-refractivity contribution < 1.29 is 59.4 Å². The lowest BCUT2D eigenvalue weighted by Gasteiger charge is -2.26. The second kappa shape index (κ2) is 40.1. The molecule has 0 fully saturated rings. The lowest BCUT2D eigenvalue weighted by atomic mass is 10.0. The molecule has 6 atom stereocenters. The molecular formula is C44H85O12P. The van der Waals surface area contributed by atoms with Gasteiger partial charge < -0.3 is 34.8 Å². The van der Waals surface area contributed by atoms with Gasteiger partial charge >= 0.3 is 19.8 Å². The number of allylic oxidation sites excluding steroid dienone is 2. The molecule has 12 nitrogen and oxygen atoms in total. The summed E-state index contributed by atoms with van der Waals surface area (Å²) in [7, 11) is -5.07. The zero-order valence-electron chi connectivity index (χ0n) is 36.9. The maximum Gasteiger partial charge on any atom is 0.472 e. The van der Waals surface area contributed by atoms with E-state index in [4.69, 9.17) is 25.0 Å². The topological polar surface area (TPSA) is 189 Å². The minimum atomic E-state index is -5.07. The van der Waals surface area contributed by atoms with Gasteiger partial charge in [-0.15, -0.1) is 0 Å². The second-order valence-electron chi connectivity index (χ2n) is 15.5. The van der Waals surface area contributed by atoms with E-state index in [9.17, 15) is 34.4 Å². The molecule has 13 heteroatoms. The van der Waals surface area contributed by atoms with E-state index in [0.717, 1.165) is 70.6 Å². The van der Waals surface area contributed by atoms with Gasteiger partial charge in [-0.05, 0) is 38.5 Å². The fourth-order valence-corrected chi connectivity index (χ4v) is 7.38. The third kappa shape index (κ3) is 36.2. The molecule has 57 heavy (non-hydrogen) atoms. The molecule has 0 aromatic carbocycles. The minimum Gasteiger partial charge on any atom is -0.462 e. The first-order valence-corrected chi connectivity index (χ1v) is 24.2. The van der Waals surface area contributed by atoms with Crippen molar-refractivity contribution in [1.29, 1.82) is 0 Å². The van der Waals surface area contributed by atoms with Crippen molar-refractivity contribution in [3.8, 4) is 0 Å². The van der Waals surface area contributed by atoms with E-state index in [2.05, 4.69) is 26.0 Å². The first-order chi connectivity index (χ1) is 28.0. The molecule has 5 N–H and O–H groups in total. The molecule has 0 radical (unpaired) electrons. The highest BCUT2D eigenvalue weighted by Gasteiger charge is 2.35.